The predicted molar refractivity (Wildman–Crippen MR) is 193 cm³/mol. The van der Waals surface area contributed by atoms with Gasteiger partial charge >= 0.3 is 0 Å². The van der Waals surface area contributed by atoms with E-state index < -0.39 is 11.9 Å². The Balaban J connectivity index is 0.00000486. The van der Waals surface area contributed by atoms with E-state index >= 15 is 0 Å². The van der Waals surface area contributed by atoms with Crippen LogP contribution >= 0.6 is 12.4 Å². The van der Waals surface area contributed by atoms with E-state index in [1.807, 2.05) is 54.3 Å². The van der Waals surface area contributed by atoms with Gasteiger partial charge in [-0.05, 0) is 110 Å². The summed E-state index contributed by atoms with van der Waals surface area (Å²) in [6.07, 6.45) is 5.17. The summed E-state index contributed by atoms with van der Waals surface area (Å²) in [7, 11) is 2.06. The summed E-state index contributed by atoms with van der Waals surface area (Å²) in [6, 6.07) is 16.0. The molecule has 0 radical (unpaired) electrons. The number of nitrogens with two attached hydrogens (primary N) is 2. The number of carbonyl (C=O) groups is 3. The molecule has 3 heterocycles. The van der Waals surface area contributed by atoms with Gasteiger partial charge in [0.05, 0.1) is 0 Å². The molecule has 6 rings (SSSR count). The van der Waals surface area contributed by atoms with Gasteiger partial charge in [-0.15, -0.1) is 17.5 Å². The molecule has 2 aliphatic rings. The maximum atomic E-state index is 14.2. The van der Waals surface area contributed by atoms with Crippen LogP contribution in [0.25, 0.3) is 22.5 Å². The molecule has 1 saturated carbocycles. The molecular weight excluding hydrogens is 656 g/mol. The van der Waals surface area contributed by atoms with E-state index in [1.165, 1.54) is 0 Å². The number of pyridine rings is 1. The topological polar surface area (TPSA) is 180 Å². The normalized spacial score (nSPS) is 18.6. The minimum atomic E-state index is -0.911. The zero-order valence-electron chi connectivity index (χ0n) is 28.5. The Morgan fingerprint density at radius 3 is 2.20 bits per heavy atom. The van der Waals surface area contributed by atoms with Crippen molar-refractivity contribution in [3.8, 4) is 22.5 Å². The Kier molecular flexibility index (Phi) is 11.9. The number of aromatic nitrogens is 5. The lowest BCUT2D eigenvalue weighted by Crippen LogP contribution is -2.52. The number of rotatable bonds is 10. The molecule has 13 nitrogen and oxygen atoms in total. The van der Waals surface area contributed by atoms with Gasteiger partial charge in [-0.3, -0.25) is 24.3 Å². The van der Waals surface area contributed by atoms with Crippen LogP contribution in [0.1, 0.15) is 47.3 Å². The van der Waals surface area contributed by atoms with Gasteiger partial charge in [0.15, 0.2) is 5.82 Å². The number of aryl methyl sites for hydroxylation is 1. The van der Waals surface area contributed by atoms with Gasteiger partial charge < -0.3 is 21.3 Å². The maximum Gasteiger partial charge on any atom is 0.272 e. The first-order valence-corrected chi connectivity index (χ1v) is 16.9. The lowest BCUT2D eigenvalue weighted by Gasteiger charge is -2.35. The number of amides is 3. The van der Waals surface area contributed by atoms with Crippen molar-refractivity contribution >= 4 is 35.8 Å². The fourth-order valence-electron chi connectivity index (χ4n) is 6.87. The Morgan fingerprint density at radius 2 is 1.62 bits per heavy atom. The van der Waals surface area contributed by atoms with Gasteiger partial charge in [0.1, 0.15) is 11.7 Å². The van der Waals surface area contributed by atoms with E-state index in [0.29, 0.717) is 55.6 Å². The molecule has 264 valence electrons. The number of primary amides is 1. The van der Waals surface area contributed by atoms with E-state index in [9.17, 15) is 14.4 Å². The first-order chi connectivity index (χ1) is 23.7. The average Bonchev–Trinajstić information content (AvgIpc) is 3.67. The summed E-state index contributed by atoms with van der Waals surface area (Å²) in [5, 5.41) is 14.0. The number of likely N-dealkylation sites (N-methyl/N-ethyl adjacent to an activating group) is 1. The lowest BCUT2D eigenvalue weighted by atomic mass is 9.81. The van der Waals surface area contributed by atoms with Crippen molar-refractivity contribution in [2.45, 2.75) is 45.1 Å². The van der Waals surface area contributed by atoms with Crippen molar-refractivity contribution in [2.24, 2.45) is 23.3 Å². The molecule has 5 N–H and O–H groups in total. The highest BCUT2D eigenvalue weighted by Crippen LogP contribution is 2.33. The minimum absolute atomic E-state index is 0. The minimum Gasteiger partial charge on any atom is -0.368 e. The number of piperazine rings is 1. The number of H-pyrrole nitrogens is 1. The van der Waals surface area contributed by atoms with Crippen LogP contribution in [0.3, 0.4) is 0 Å². The monoisotopic (exact) mass is 700 g/mol. The Hall–Kier alpha value is -4.72. The maximum absolute atomic E-state index is 14.2. The van der Waals surface area contributed by atoms with E-state index in [-0.39, 0.29) is 36.6 Å². The number of aromatic amines is 1. The third-order valence-corrected chi connectivity index (χ3v) is 9.99. The smallest absolute Gasteiger partial charge is 0.272 e. The summed E-state index contributed by atoms with van der Waals surface area (Å²) in [6.45, 7) is 5.66. The summed E-state index contributed by atoms with van der Waals surface area (Å²) in [5.41, 5.74) is 17.4. The van der Waals surface area contributed by atoms with Crippen LogP contribution in [0.5, 0.6) is 0 Å². The predicted octanol–water partition coefficient (Wildman–Crippen LogP) is 3.24. The first kappa shape index (κ1) is 36.6. The molecule has 0 unspecified atom stereocenters. The molecule has 1 atom stereocenters. The molecule has 2 aromatic carbocycles. The molecule has 2 fully saturated rings. The van der Waals surface area contributed by atoms with E-state index in [2.05, 4.69) is 37.6 Å². The van der Waals surface area contributed by atoms with Crippen LogP contribution in [0.4, 0.5) is 5.69 Å². The molecule has 14 heteroatoms. The van der Waals surface area contributed by atoms with E-state index in [1.54, 1.807) is 23.2 Å². The fourth-order valence-corrected chi connectivity index (χ4v) is 6.87. The Bertz CT molecular complexity index is 1750. The van der Waals surface area contributed by atoms with Crippen LogP contribution in [0.15, 0.2) is 60.8 Å². The summed E-state index contributed by atoms with van der Waals surface area (Å²) < 4.78 is 0. The zero-order chi connectivity index (χ0) is 34.5. The molecular formula is C36H45ClN10O3. The number of tetrazole rings is 1. The van der Waals surface area contributed by atoms with Crippen LogP contribution < -0.4 is 16.4 Å². The van der Waals surface area contributed by atoms with E-state index in [4.69, 9.17) is 11.5 Å². The first-order valence-electron chi connectivity index (χ1n) is 16.9. The Morgan fingerprint density at radius 1 is 0.960 bits per heavy atom. The quantitative estimate of drug-likeness (QED) is 0.224. The molecule has 1 aliphatic carbocycles. The number of nitrogens with zero attached hydrogens (tertiary/aromatic N) is 7. The highest BCUT2D eigenvalue weighted by atomic mass is 35.5. The fraction of sp³-hybridized carbons (Fsp3) is 0.417. The molecule has 2 aromatic heterocycles. The number of hydrogen-bond donors (Lipinski definition) is 3. The van der Waals surface area contributed by atoms with Crippen LogP contribution in [0, 0.1) is 18.8 Å². The van der Waals surface area contributed by atoms with E-state index in [0.717, 1.165) is 53.7 Å². The van der Waals surface area contributed by atoms with Crippen LogP contribution in [-0.2, 0) is 16.0 Å². The molecule has 50 heavy (non-hydrogen) atoms. The van der Waals surface area contributed by atoms with Gasteiger partial charge in [0.2, 0.25) is 11.8 Å². The van der Waals surface area contributed by atoms with Gasteiger partial charge in [-0.25, -0.2) is 5.10 Å². The van der Waals surface area contributed by atoms with Crippen LogP contribution in [-0.4, -0.2) is 98.9 Å². The Labute approximate surface area is 298 Å². The van der Waals surface area contributed by atoms with Crippen molar-refractivity contribution < 1.29 is 14.4 Å². The van der Waals surface area contributed by atoms with Crippen molar-refractivity contribution in [1.82, 2.24) is 35.4 Å². The molecule has 0 spiro atoms. The van der Waals surface area contributed by atoms with Crippen molar-refractivity contribution in [3.05, 3.63) is 77.6 Å². The average molecular weight is 701 g/mol. The number of anilines is 1. The number of carbonyl (C=O) groups excluding carboxylic acids is 3. The third-order valence-electron chi connectivity index (χ3n) is 9.99. The van der Waals surface area contributed by atoms with Crippen LogP contribution in [0.2, 0.25) is 0 Å². The van der Waals surface area contributed by atoms with Crippen molar-refractivity contribution in [1.29, 1.82) is 0 Å². The molecule has 1 aliphatic heterocycles. The molecule has 4 aromatic rings. The highest BCUT2D eigenvalue weighted by Gasteiger charge is 2.36. The summed E-state index contributed by atoms with van der Waals surface area (Å²) in [4.78, 5) is 50.6. The molecule has 1 saturated heterocycles. The largest absolute Gasteiger partial charge is 0.368 e. The van der Waals surface area contributed by atoms with Gasteiger partial charge in [0, 0.05) is 61.5 Å². The third kappa shape index (κ3) is 8.18. The number of hydrogen-bond acceptors (Lipinski definition) is 9. The summed E-state index contributed by atoms with van der Waals surface area (Å²) >= 11 is 0. The zero-order valence-corrected chi connectivity index (χ0v) is 29.3. The SMILES string of the molecule is Cc1cc(C(=O)N2CCN(C)CC2)ncc1-c1ccc(C[C@@H](C(N)=O)N(c2ccc(-c3nnn[nH]3)cc2)C(=O)[C@H]2CC[C@H](CN)CC2)cc1.Cl. The second-order valence-electron chi connectivity index (χ2n) is 13.3. The standard InChI is InChI=1S/C36H44N10O3.ClH/c1-23-19-31(36(49)45-17-15-44(2)16-18-45)39-22-30(23)26-7-3-24(4-8-26)20-32(33(38)47)46(35(48)28-9-5-25(21-37)6-10-28)29-13-11-27(12-14-29)34-40-42-43-41-34;/h3-4,7-8,11-14,19,22,25,28,32H,5-6,9-10,15-18,20-21,37H2,1-2H3,(H2,38,47)(H,40,41,42,43);1H/t25-,28-,32-;/m0./s1. The number of nitrogens with one attached hydrogen (secondary N) is 1. The van der Waals surface area contributed by atoms with Gasteiger partial charge in [-0.2, -0.15) is 0 Å². The molecule has 3 amide bonds. The lowest BCUT2D eigenvalue weighted by molar-refractivity contribution is -0.127. The van der Waals surface area contributed by atoms with Gasteiger partial charge in [0.25, 0.3) is 5.91 Å². The number of halogens is 1. The summed E-state index contributed by atoms with van der Waals surface area (Å²) in [5.74, 6) is -0.0726. The number of benzene rings is 2. The second kappa shape index (κ2) is 16.3. The molecule has 0 bridgehead atoms. The second-order valence-corrected chi connectivity index (χ2v) is 13.3. The highest BCUT2D eigenvalue weighted by molar-refractivity contribution is 6.02. The van der Waals surface area contributed by atoms with Gasteiger partial charge in [-0.1, -0.05) is 24.3 Å². The van der Waals surface area contributed by atoms with Crippen molar-refractivity contribution in [2.75, 3.05) is 44.7 Å². The van der Waals surface area contributed by atoms with Crippen molar-refractivity contribution in [3.63, 3.8) is 0 Å².